The van der Waals surface area contributed by atoms with Crippen molar-refractivity contribution in [3.05, 3.63) is 85.1 Å². The molecule has 0 amide bonds. The molecule has 0 saturated heterocycles. The number of rotatable bonds is 3. The summed E-state index contributed by atoms with van der Waals surface area (Å²) in [7, 11) is 0. The number of nitriles is 1. The molecule has 1 aromatic carbocycles. The highest BCUT2D eigenvalue weighted by molar-refractivity contribution is 7.10. The van der Waals surface area contributed by atoms with E-state index in [1.165, 1.54) is 12.1 Å². The highest BCUT2D eigenvalue weighted by Gasteiger charge is 2.41. The van der Waals surface area contributed by atoms with Crippen molar-refractivity contribution in [1.29, 1.82) is 5.26 Å². The van der Waals surface area contributed by atoms with Gasteiger partial charge in [0.05, 0.1) is 10.8 Å². The van der Waals surface area contributed by atoms with Crippen LogP contribution in [0.4, 0.5) is 5.69 Å². The molecule has 0 bridgehead atoms. The second-order valence-electron chi connectivity index (χ2n) is 6.65. The van der Waals surface area contributed by atoms with Crippen LogP contribution in [0.25, 0.3) is 0 Å². The number of benzene rings is 1. The minimum Gasteiger partial charge on any atom is -0.444 e. The molecular formula is C20H15N3O4S. The minimum atomic E-state index is -0.675. The van der Waals surface area contributed by atoms with Crippen LogP contribution in [0.5, 0.6) is 0 Å². The van der Waals surface area contributed by atoms with Gasteiger partial charge in [0, 0.05) is 41.3 Å². The van der Waals surface area contributed by atoms with Gasteiger partial charge < -0.3 is 10.5 Å². The molecule has 2 aliphatic rings. The van der Waals surface area contributed by atoms with Gasteiger partial charge in [0.15, 0.2) is 5.78 Å². The van der Waals surface area contributed by atoms with E-state index >= 15 is 0 Å². The number of ether oxygens (including phenoxy) is 1. The molecule has 2 aromatic rings. The molecule has 0 saturated carbocycles. The van der Waals surface area contributed by atoms with E-state index in [0.717, 1.165) is 4.88 Å². The Kier molecular flexibility index (Phi) is 4.45. The zero-order chi connectivity index (χ0) is 19.8. The van der Waals surface area contributed by atoms with Crippen LogP contribution in [-0.4, -0.2) is 10.7 Å². The summed E-state index contributed by atoms with van der Waals surface area (Å²) >= 11 is 1.59. The lowest BCUT2D eigenvalue weighted by molar-refractivity contribution is -0.384. The maximum Gasteiger partial charge on any atom is 0.269 e. The molecule has 0 spiro atoms. The average molecular weight is 393 g/mol. The van der Waals surface area contributed by atoms with E-state index in [1.54, 1.807) is 23.5 Å². The number of allylic oxidation sites excluding steroid dienone is 3. The molecule has 28 heavy (non-hydrogen) atoms. The van der Waals surface area contributed by atoms with Crippen LogP contribution in [0.3, 0.4) is 0 Å². The van der Waals surface area contributed by atoms with Gasteiger partial charge in [0.1, 0.15) is 17.4 Å². The van der Waals surface area contributed by atoms with Crippen LogP contribution in [0.15, 0.2) is 64.6 Å². The predicted molar refractivity (Wildman–Crippen MR) is 102 cm³/mol. The fourth-order valence-corrected chi connectivity index (χ4v) is 4.58. The van der Waals surface area contributed by atoms with Gasteiger partial charge in [-0.15, -0.1) is 11.3 Å². The fraction of sp³-hybridized carbons (Fsp3) is 0.200. The highest BCUT2D eigenvalue weighted by atomic mass is 32.1. The number of ketones is 1. The van der Waals surface area contributed by atoms with Gasteiger partial charge in [0.25, 0.3) is 5.69 Å². The standard InChI is InChI=1S/C20H15N3O4S/c21-10-14-18(11-3-5-13(6-4-11)23(25)26)19-15(24)8-12(17-2-1-7-28-17)9-16(19)27-20(14)22/h1-7,12,18H,8-9,22H2/t12-,18-/m0/s1. The Balaban J connectivity index is 1.78. The molecule has 1 aliphatic carbocycles. The molecule has 4 rings (SSSR count). The van der Waals surface area contributed by atoms with Gasteiger partial charge in [-0.1, -0.05) is 18.2 Å². The second-order valence-corrected chi connectivity index (χ2v) is 7.63. The zero-order valence-electron chi connectivity index (χ0n) is 14.6. The molecule has 2 N–H and O–H groups in total. The second kappa shape index (κ2) is 6.94. The number of nitrogens with zero attached hydrogens (tertiary/aromatic N) is 2. The maximum atomic E-state index is 13.0. The number of hydrogen-bond donors (Lipinski definition) is 1. The monoisotopic (exact) mass is 393 g/mol. The molecule has 0 unspecified atom stereocenters. The Labute approximate surface area is 164 Å². The van der Waals surface area contributed by atoms with Crippen molar-refractivity contribution in [3.63, 3.8) is 0 Å². The topological polar surface area (TPSA) is 119 Å². The lowest BCUT2D eigenvalue weighted by atomic mass is 9.75. The Morgan fingerprint density at radius 1 is 1.25 bits per heavy atom. The summed E-state index contributed by atoms with van der Waals surface area (Å²) in [6, 6.07) is 11.8. The first-order chi connectivity index (χ1) is 13.5. The lowest BCUT2D eigenvalue weighted by Gasteiger charge is -2.33. The summed E-state index contributed by atoms with van der Waals surface area (Å²) in [6.45, 7) is 0. The van der Waals surface area contributed by atoms with E-state index in [2.05, 4.69) is 0 Å². The summed E-state index contributed by atoms with van der Waals surface area (Å²) in [5.41, 5.74) is 7.11. The van der Waals surface area contributed by atoms with Gasteiger partial charge in [-0.3, -0.25) is 14.9 Å². The van der Waals surface area contributed by atoms with E-state index in [9.17, 15) is 20.2 Å². The number of thiophene rings is 1. The summed E-state index contributed by atoms with van der Waals surface area (Å²) in [6.07, 6.45) is 0.843. The molecular weight excluding hydrogens is 378 g/mol. The molecule has 7 nitrogen and oxygen atoms in total. The Hall–Kier alpha value is -3.44. The van der Waals surface area contributed by atoms with Crippen molar-refractivity contribution >= 4 is 22.8 Å². The Morgan fingerprint density at radius 2 is 2.00 bits per heavy atom. The van der Waals surface area contributed by atoms with E-state index in [0.29, 0.717) is 29.7 Å². The van der Waals surface area contributed by atoms with Crippen molar-refractivity contribution < 1.29 is 14.5 Å². The number of nitro benzene ring substituents is 1. The van der Waals surface area contributed by atoms with Crippen molar-refractivity contribution in [2.24, 2.45) is 5.73 Å². The third kappa shape index (κ3) is 2.96. The van der Waals surface area contributed by atoms with Crippen molar-refractivity contribution in [2.75, 3.05) is 0 Å². The normalized spacial score (nSPS) is 21.8. The van der Waals surface area contributed by atoms with Crippen LogP contribution in [0.2, 0.25) is 0 Å². The molecule has 140 valence electrons. The molecule has 1 aliphatic heterocycles. The minimum absolute atomic E-state index is 0.0141. The lowest BCUT2D eigenvalue weighted by Crippen LogP contribution is -2.29. The quantitative estimate of drug-likeness (QED) is 0.624. The maximum absolute atomic E-state index is 13.0. The van der Waals surface area contributed by atoms with Gasteiger partial charge in [0.2, 0.25) is 5.88 Å². The largest absolute Gasteiger partial charge is 0.444 e. The van der Waals surface area contributed by atoms with Crippen molar-refractivity contribution in [1.82, 2.24) is 0 Å². The van der Waals surface area contributed by atoms with Crippen LogP contribution >= 0.6 is 11.3 Å². The third-order valence-corrected chi connectivity index (χ3v) is 6.08. The van der Waals surface area contributed by atoms with Crippen LogP contribution < -0.4 is 5.73 Å². The number of nitrogens with two attached hydrogens (primary N) is 1. The van der Waals surface area contributed by atoms with Gasteiger partial charge >= 0.3 is 0 Å². The van der Waals surface area contributed by atoms with Gasteiger partial charge in [-0.25, -0.2) is 0 Å². The molecule has 8 heteroatoms. The summed E-state index contributed by atoms with van der Waals surface area (Å²) in [5, 5.41) is 22.5. The van der Waals surface area contributed by atoms with E-state index in [-0.39, 0.29) is 28.8 Å². The van der Waals surface area contributed by atoms with Crippen molar-refractivity contribution in [3.8, 4) is 6.07 Å². The van der Waals surface area contributed by atoms with Gasteiger partial charge in [-0.2, -0.15) is 5.26 Å². The van der Waals surface area contributed by atoms with Crippen LogP contribution in [0.1, 0.15) is 35.1 Å². The highest BCUT2D eigenvalue weighted by Crippen LogP contribution is 2.47. The number of carbonyl (C=O) groups excluding carboxylic acids is 1. The molecule has 0 radical (unpaired) electrons. The van der Waals surface area contributed by atoms with E-state index < -0.39 is 10.8 Å². The number of carbonyl (C=O) groups is 1. The fourth-order valence-electron chi connectivity index (χ4n) is 3.75. The summed E-state index contributed by atoms with van der Waals surface area (Å²) in [4.78, 5) is 24.6. The summed E-state index contributed by atoms with van der Waals surface area (Å²) < 4.78 is 5.70. The van der Waals surface area contributed by atoms with E-state index in [1.807, 2.05) is 23.6 Å². The first kappa shape index (κ1) is 17.9. The molecule has 1 aromatic heterocycles. The van der Waals surface area contributed by atoms with Crippen LogP contribution in [-0.2, 0) is 9.53 Å². The molecule has 2 heterocycles. The average Bonchev–Trinajstić information content (AvgIpc) is 3.21. The number of nitro groups is 1. The zero-order valence-corrected chi connectivity index (χ0v) is 15.4. The first-order valence-electron chi connectivity index (χ1n) is 8.61. The number of non-ortho nitro benzene ring substituents is 1. The molecule has 0 fully saturated rings. The molecule has 2 atom stereocenters. The summed E-state index contributed by atoms with van der Waals surface area (Å²) in [5.74, 6) is -0.298. The van der Waals surface area contributed by atoms with Gasteiger partial charge in [-0.05, 0) is 17.0 Å². The Morgan fingerprint density at radius 3 is 2.61 bits per heavy atom. The Bertz CT molecular complexity index is 1060. The van der Waals surface area contributed by atoms with E-state index in [4.69, 9.17) is 10.5 Å². The first-order valence-corrected chi connectivity index (χ1v) is 9.49. The SMILES string of the molecule is N#CC1=C(N)OC2=C(C(=O)C[C@H](c3cccs3)C2)[C@H]1c1ccc([N+](=O)[O-])cc1. The smallest absolute Gasteiger partial charge is 0.269 e. The number of hydrogen-bond acceptors (Lipinski definition) is 7. The predicted octanol–water partition coefficient (Wildman–Crippen LogP) is 3.86. The third-order valence-electron chi connectivity index (χ3n) is 5.04. The van der Waals surface area contributed by atoms with Crippen LogP contribution in [0, 0.1) is 21.4 Å². The number of Topliss-reactive ketones (excluding diaryl/α,β-unsaturated/α-hetero) is 1. The van der Waals surface area contributed by atoms with Crippen molar-refractivity contribution in [2.45, 2.75) is 24.7 Å².